The Balaban J connectivity index is 1.57. The molecule has 4 nitrogen and oxygen atoms in total. The first-order valence-electron chi connectivity index (χ1n) is 11.0. The van der Waals surface area contributed by atoms with Crippen LogP contribution in [0.25, 0.3) is 5.57 Å². The summed E-state index contributed by atoms with van der Waals surface area (Å²) >= 11 is 0. The number of carbonyl (C=O) groups is 1. The smallest absolute Gasteiger partial charge is 0.222 e. The topological polar surface area (TPSA) is 56.1 Å². The van der Waals surface area contributed by atoms with Crippen LogP contribution >= 0.6 is 0 Å². The van der Waals surface area contributed by atoms with Gasteiger partial charge >= 0.3 is 0 Å². The Morgan fingerprint density at radius 3 is 2.70 bits per heavy atom. The molecule has 2 aliphatic heterocycles. The van der Waals surface area contributed by atoms with Crippen molar-refractivity contribution in [3.05, 3.63) is 65.4 Å². The molecule has 3 aliphatic rings. The van der Waals surface area contributed by atoms with Crippen LogP contribution in [0.5, 0.6) is 0 Å². The first kappa shape index (κ1) is 20.5. The number of likely N-dealkylation sites (tertiary alicyclic amines) is 1. The number of nitrogens with one attached hydrogen (secondary N) is 1. The van der Waals surface area contributed by atoms with Crippen molar-refractivity contribution in [2.24, 2.45) is 23.7 Å². The number of hydrogen-bond acceptors (Lipinski definition) is 3. The van der Waals surface area contributed by atoms with Gasteiger partial charge in [0.05, 0.1) is 11.6 Å². The summed E-state index contributed by atoms with van der Waals surface area (Å²) in [6, 6.07) is 10.5. The Kier molecular flexibility index (Phi) is 5.56. The van der Waals surface area contributed by atoms with Gasteiger partial charge in [-0.25, -0.2) is 0 Å². The highest BCUT2D eigenvalue weighted by molar-refractivity contribution is 5.79. The normalized spacial score (nSPS) is 33.6. The van der Waals surface area contributed by atoms with Crippen molar-refractivity contribution in [2.45, 2.75) is 45.7 Å². The zero-order chi connectivity index (χ0) is 21.4. The standard InChI is InChI=1S/C26H31N3O/c1-16-13-25-24(14-26(30)29(25)4)21(17(16)2)11-9-20-10-12-22(18(3)28-20)23-8-6-5-7-19(23)15-27/h5-12,16-18,21,24-25,28H,13-14H2,1-4H3/b11-9+/t16-,17+,18?,21-,24+,25-/m0/s1. The molecule has 2 heterocycles. The highest BCUT2D eigenvalue weighted by atomic mass is 16.2. The zero-order valence-corrected chi connectivity index (χ0v) is 18.3. The van der Waals surface area contributed by atoms with Gasteiger partial charge in [0.1, 0.15) is 0 Å². The highest BCUT2D eigenvalue weighted by Gasteiger charge is 2.47. The summed E-state index contributed by atoms with van der Waals surface area (Å²) in [5.74, 6) is 2.29. The van der Waals surface area contributed by atoms with E-state index in [0.29, 0.717) is 41.7 Å². The van der Waals surface area contributed by atoms with E-state index < -0.39 is 0 Å². The number of allylic oxidation sites excluding steroid dienone is 4. The first-order valence-corrected chi connectivity index (χ1v) is 11.0. The van der Waals surface area contributed by atoms with Crippen LogP contribution in [0.4, 0.5) is 0 Å². The molecule has 1 saturated heterocycles. The molecule has 0 spiro atoms. The fourth-order valence-corrected chi connectivity index (χ4v) is 5.54. The molecule has 1 aromatic rings. The number of nitrogens with zero attached hydrogens (tertiary/aromatic N) is 2. The number of nitriles is 1. The third-order valence-corrected chi connectivity index (χ3v) is 7.56. The molecule has 2 fully saturated rings. The minimum atomic E-state index is 0.124. The van der Waals surface area contributed by atoms with E-state index in [9.17, 15) is 10.1 Å². The van der Waals surface area contributed by atoms with Crippen LogP contribution in [0.15, 0.2) is 54.3 Å². The van der Waals surface area contributed by atoms with Gasteiger partial charge in [-0.05, 0) is 66.4 Å². The fourth-order valence-electron chi connectivity index (χ4n) is 5.54. The van der Waals surface area contributed by atoms with Gasteiger partial charge in [0.25, 0.3) is 0 Å². The molecule has 1 aromatic carbocycles. The van der Waals surface area contributed by atoms with E-state index in [-0.39, 0.29) is 11.9 Å². The van der Waals surface area contributed by atoms with Crippen molar-refractivity contribution in [2.75, 3.05) is 7.05 Å². The molecule has 1 aliphatic carbocycles. The summed E-state index contributed by atoms with van der Waals surface area (Å²) in [5, 5.41) is 13.0. The molecule has 6 atom stereocenters. The average Bonchev–Trinajstić information content (AvgIpc) is 3.02. The molecule has 156 valence electrons. The van der Waals surface area contributed by atoms with Gasteiger partial charge in [-0.15, -0.1) is 0 Å². The van der Waals surface area contributed by atoms with E-state index in [2.05, 4.69) is 56.5 Å². The van der Waals surface area contributed by atoms with Gasteiger partial charge in [0.2, 0.25) is 5.91 Å². The van der Waals surface area contributed by atoms with E-state index >= 15 is 0 Å². The molecule has 0 aromatic heterocycles. The Bertz CT molecular complexity index is 967. The number of amides is 1. The number of hydrogen-bond donors (Lipinski definition) is 1. The number of benzene rings is 1. The van der Waals surface area contributed by atoms with E-state index in [1.807, 2.05) is 36.2 Å². The second-order valence-electron chi connectivity index (χ2n) is 9.22. The average molecular weight is 402 g/mol. The predicted molar refractivity (Wildman–Crippen MR) is 120 cm³/mol. The second-order valence-corrected chi connectivity index (χ2v) is 9.22. The monoisotopic (exact) mass is 401 g/mol. The Morgan fingerprint density at radius 2 is 1.97 bits per heavy atom. The van der Waals surface area contributed by atoms with Gasteiger partial charge in [-0.2, -0.15) is 5.26 Å². The van der Waals surface area contributed by atoms with Gasteiger partial charge in [-0.1, -0.05) is 44.2 Å². The summed E-state index contributed by atoms with van der Waals surface area (Å²) in [6.07, 6.45) is 10.5. The Morgan fingerprint density at radius 1 is 1.20 bits per heavy atom. The van der Waals surface area contributed by atoms with Crippen LogP contribution in [0.1, 0.15) is 44.7 Å². The summed E-state index contributed by atoms with van der Waals surface area (Å²) in [4.78, 5) is 14.3. The molecular weight excluding hydrogens is 370 g/mol. The molecule has 1 N–H and O–H groups in total. The van der Waals surface area contributed by atoms with Crippen LogP contribution in [-0.2, 0) is 4.79 Å². The van der Waals surface area contributed by atoms with E-state index in [0.717, 1.165) is 23.3 Å². The van der Waals surface area contributed by atoms with Gasteiger partial charge in [-0.3, -0.25) is 4.79 Å². The van der Waals surface area contributed by atoms with Crippen molar-refractivity contribution in [3.63, 3.8) is 0 Å². The van der Waals surface area contributed by atoms with E-state index in [4.69, 9.17) is 0 Å². The number of fused-ring (bicyclic) bond motifs is 1. The Hall–Kier alpha value is -2.80. The van der Waals surface area contributed by atoms with E-state index in [1.54, 1.807) is 0 Å². The second kappa shape index (κ2) is 8.14. The van der Waals surface area contributed by atoms with Crippen molar-refractivity contribution < 1.29 is 4.79 Å². The molecule has 30 heavy (non-hydrogen) atoms. The van der Waals surface area contributed by atoms with Gasteiger partial charge in [0, 0.05) is 31.2 Å². The summed E-state index contributed by atoms with van der Waals surface area (Å²) in [7, 11) is 1.97. The summed E-state index contributed by atoms with van der Waals surface area (Å²) in [5.41, 5.74) is 3.91. The van der Waals surface area contributed by atoms with Gasteiger partial charge in [0.15, 0.2) is 0 Å². The minimum Gasteiger partial charge on any atom is -0.379 e. The van der Waals surface area contributed by atoms with Crippen LogP contribution in [0.2, 0.25) is 0 Å². The van der Waals surface area contributed by atoms with Crippen LogP contribution in [-0.4, -0.2) is 29.9 Å². The molecule has 0 bridgehead atoms. The fraction of sp³-hybridized carbons (Fsp3) is 0.462. The van der Waals surface area contributed by atoms with Crippen LogP contribution < -0.4 is 5.32 Å². The molecule has 1 amide bonds. The largest absolute Gasteiger partial charge is 0.379 e. The van der Waals surface area contributed by atoms with Gasteiger partial charge < -0.3 is 10.2 Å². The molecule has 4 heteroatoms. The van der Waals surface area contributed by atoms with Crippen molar-refractivity contribution in [1.29, 1.82) is 5.26 Å². The molecule has 0 radical (unpaired) electrons. The number of rotatable bonds is 3. The maximum absolute atomic E-state index is 12.3. The van der Waals surface area contributed by atoms with Crippen molar-refractivity contribution in [3.8, 4) is 6.07 Å². The Labute approximate surface area is 180 Å². The molecule has 1 saturated carbocycles. The van der Waals surface area contributed by atoms with E-state index in [1.165, 1.54) is 0 Å². The minimum absolute atomic E-state index is 0.124. The summed E-state index contributed by atoms with van der Waals surface area (Å²) < 4.78 is 0. The van der Waals surface area contributed by atoms with Crippen molar-refractivity contribution >= 4 is 11.5 Å². The highest BCUT2D eigenvalue weighted by Crippen LogP contribution is 2.46. The quantitative estimate of drug-likeness (QED) is 0.811. The lowest BCUT2D eigenvalue weighted by atomic mass is 9.65. The lowest BCUT2D eigenvalue weighted by Gasteiger charge is -2.42. The number of carbonyl (C=O) groups excluding carboxylic acids is 1. The summed E-state index contributed by atoms with van der Waals surface area (Å²) in [6.45, 7) is 6.79. The number of dihydropyridines is 1. The maximum atomic E-state index is 12.3. The van der Waals surface area contributed by atoms with Crippen LogP contribution in [0.3, 0.4) is 0 Å². The SMILES string of the molecule is CC1NC(/C=C/[C@H]2[C@H](C)[C@@H](C)C[C@H]3[C@@H]2CC(=O)N3C)=CC=C1c1ccccc1C#N. The predicted octanol–water partition coefficient (Wildman–Crippen LogP) is 4.51. The molecule has 1 unspecified atom stereocenters. The zero-order valence-electron chi connectivity index (χ0n) is 18.3. The molecule has 4 rings (SSSR count). The van der Waals surface area contributed by atoms with Crippen molar-refractivity contribution in [1.82, 2.24) is 10.2 Å². The first-order chi connectivity index (χ1) is 14.4. The lowest BCUT2D eigenvalue weighted by molar-refractivity contribution is -0.127. The van der Waals surface area contributed by atoms with Crippen LogP contribution in [0, 0.1) is 35.0 Å². The lowest BCUT2D eigenvalue weighted by Crippen LogP contribution is -2.43. The molecular formula is C26H31N3O. The third-order valence-electron chi connectivity index (χ3n) is 7.56. The maximum Gasteiger partial charge on any atom is 0.222 e. The third kappa shape index (κ3) is 3.58.